The third-order valence-electron chi connectivity index (χ3n) is 6.12. The van der Waals surface area contributed by atoms with Crippen LogP contribution in [0.1, 0.15) is 23.6 Å². The smallest absolute Gasteiger partial charge is 0.336 e. The second kappa shape index (κ2) is 7.16. The van der Waals surface area contributed by atoms with Crippen LogP contribution in [0.25, 0.3) is 11.0 Å². The Hall–Kier alpha value is -3.35. The number of aromatic nitrogens is 1. The lowest BCUT2D eigenvalue weighted by molar-refractivity contribution is -0.136. The summed E-state index contributed by atoms with van der Waals surface area (Å²) >= 11 is 0. The van der Waals surface area contributed by atoms with Crippen LogP contribution in [0.2, 0.25) is 0 Å². The van der Waals surface area contributed by atoms with E-state index in [1.807, 2.05) is 28.5 Å². The first-order valence-electron chi connectivity index (χ1n) is 10.1. The van der Waals surface area contributed by atoms with Gasteiger partial charge in [-0.1, -0.05) is 6.07 Å². The van der Waals surface area contributed by atoms with Crippen LogP contribution in [0.5, 0.6) is 5.75 Å². The molecule has 2 atom stereocenters. The standard InChI is InChI=1S/C23H22N2O5/c1-14-7-23(28)30-20-9-17(5-6-18(14)20)29-13-22(27)24-10-15-8-16(12-24)19-3-2-4-21(26)25(19)11-15/h2-7,9,15-16H,8,10-13H2,1H3/t15-,16+/m0/s1. The highest BCUT2D eigenvalue weighted by molar-refractivity contribution is 5.82. The first kappa shape index (κ1) is 18.7. The van der Waals surface area contributed by atoms with Crippen molar-refractivity contribution in [2.45, 2.75) is 25.8 Å². The number of amides is 1. The molecule has 0 spiro atoms. The number of carbonyl (C=O) groups is 1. The Morgan fingerprint density at radius 1 is 1.13 bits per heavy atom. The maximum absolute atomic E-state index is 12.8. The molecule has 1 aromatic carbocycles. The van der Waals surface area contributed by atoms with Crippen LogP contribution in [0.15, 0.2) is 56.5 Å². The number of pyridine rings is 1. The van der Waals surface area contributed by atoms with Gasteiger partial charge in [-0.15, -0.1) is 0 Å². The molecule has 30 heavy (non-hydrogen) atoms. The lowest BCUT2D eigenvalue weighted by atomic mass is 9.83. The SMILES string of the molecule is Cc1cc(=O)oc2cc(OCC(=O)N3C[C@@H]4C[C@H](C3)c3cccc(=O)n3C4)ccc12. The molecule has 0 aliphatic carbocycles. The fraction of sp³-hybridized carbons (Fsp3) is 0.348. The number of hydrogen-bond donors (Lipinski definition) is 0. The van der Waals surface area contributed by atoms with E-state index >= 15 is 0 Å². The maximum atomic E-state index is 12.8. The van der Waals surface area contributed by atoms with E-state index in [2.05, 4.69) is 0 Å². The van der Waals surface area contributed by atoms with Crippen LogP contribution in [-0.2, 0) is 11.3 Å². The summed E-state index contributed by atoms with van der Waals surface area (Å²) in [6.07, 6.45) is 0.997. The molecule has 7 heteroatoms. The molecule has 4 heterocycles. The number of nitrogens with zero attached hydrogens (tertiary/aromatic N) is 2. The number of benzene rings is 1. The lowest BCUT2D eigenvalue weighted by Crippen LogP contribution is -2.50. The summed E-state index contributed by atoms with van der Waals surface area (Å²) in [6, 6.07) is 12.1. The summed E-state index contributed by atoms with van der Waals surface area (Å²) in [6.45, 7) is 3.64. The van der Waals surface area contributed by atoms with Gasteiger partial charge in [-0.2, -0.15) is 0 Å². The molecular weight excluding hydrogens is 384 g/mol. The summed E-state index contributed by atoms with van der Waals surface area (Å²) < 4.78 is 12.8. The van der Waals surface area contributed by atoms with Gasteiger partial charge in [-0.3, -0.25) is 9.59 Å². The second-order valence-corrected chi connectivity index (χ2v) is 8.19. The van der Waals surface area contributed by atoms with Crippen LogP contribution in [0, 0.1) is 12.8 Å². The van der Waals surface area contributed by atoms with Gasteiger partial charge >= 0.3 is 5.63 Å². The Balaban J connectivity index is 1.29. The average molecular weight is 406 g/mol. The Morgan fingerprint density at radius 2 is 2.00 bits per heavy atom. The van der Waals surface area contributed by atoms with Crippen LogP contribution >= 0.6 is 0 Å². The van der Waals surface area contributed by atoms with Crippen molar-refractivity contribution >= 4 is 16.9 Å². The van der Waals surface area contributed by atoms with Crippen LogP contribution in [0.4, 0.5) is 0 Å². The van der Waals surface area contributed by atoms with E-state index < -0.39 is 5.63 Å². The normalized spacial score (nSPS) is 20.1. The zero-order chi connectivity index (χ0) is 20.8. The second-order valence-electron chi connectivity index (χ2n) is 8.19. The van der Waals surface area contributed by atoms with Crippen LogP contribution in [0.3, 0.4) is 0 Å². The Labute approximate surface area is 172 Å². The van der Waals surface area contributed by atoms with E-state index in [9.17, 15) is 14.4 Å². The largest absolute Gasteiger partial charge is 0.484 e. The van der Waals surface area contributed by atoms with Gasteiger partial charge in [0.15, 0.2) is 6.61 Å². The molecule has 2 aliphatic rings. The number of carbonyl (C=O) groups excluding carboxylic acids is 1. The van der Waals surface area contributed by atoms with Gasteiger partial charge in [0.1, 0.15) is 11.3 Å². The van der Waals surface area contributed by atoms with Crippen LogP contribution in [-0.4, -0.2) is 35.1 Å². The van der Waals surface area contributed by atoms with E-state index in [0.717, 1.165) is 23.1 Å². The zero-order valence-corrected chi connectivity index (χ0v) is 16.7. The Morgan fingerprint density at radius 3 is 2.87 bits per heavy atom. The van der Waals surface area contributed by atoms with Crippen LogP contribution < -0.4 is 15.9 Å². The van der Waals surface area contributed by atoms with E-state index in [4.69, 9.17) is 9.15 Å². The molecule has 0 N–H and O–H groups in total. The third kappa shape index (κ3) is 3.30. The summed E-state index contributed by atoms with van der Waals surface area (Å²) in [5, 5.41) is 0.839. The number of ether oxygens (including phenoxy) is 1. The van der Waals surface area contributed by atoms with Gasteiger partial charge in [-0.25, -0.2) is 4.79 Å². The van der Waals surface area contributed by atoms with Crippen molar-refractivity contribution in [1.82, 2.24) is 9.47 Å². The van der Waals surface area contributed by atoms with Gasteiger partial charge in [-0.05, 0) is 43.0 Å². The first-order valence-corrected chi connectivity index (χ1v) is 10.1. The number of hydrogen-bond acceptors (Lipinski definition) is 5. The molecule has 1 fully saturated rings. The van der Waals surface area contributed by atoms with Gasteiger partial charge < -0.3 is 18.6 Å². The highest BCUT2D eigenvalue weighted by atomic mass is 16.5. The molecule has 0 saturated carbocycles. The van der Waals surface area contributed by atoms with Crippen molar-refractivity contribution in [2.24, 2.45) is 5.92 Å². The molecule has 1 amide bonds. The number of aryl methyl sites for hydroxylation is 1. The minimum absolute atomic E-state index is 0.0310. The lowest BCUT2D eigenvalue weighted by Gasteiger charge is -2.42. The quantitative estimate of drug-likeness (QED) is 0.624. The third-order valence-corrected chi connectivity index (χ3v) is 6.12. The molecule has 3 aromatic rings. The topological polar surface area (TPSA) is 81.8 Å². The maximum Gasteiger partial charge on any atom is 0.336 e. The minimum Gasteiger partial charge on any atom is -0.484 e. The molecule has 0 unspecified atom stereocenters. The predicted octanol–water partition coefficient (Wildman–Crippen LogP) is 2.29. The fourth-order valence-corrected chi connectivity index (χ4v) is 4.73. The molecule has 2 aromatic heterocycles. The Bertz CT molecular complexity index is 1260. The van der Waals surface area contributed by atoms with Gasteiger partial charge in [0, 0.05) is 54.8 Å². The van der Waals surface area contributed by atoms with E-state index in [1.54, 1.807) is 24.3 Å². The molecule has 154 valence electrons. The predicted molar refractivity (Wildman–Crippen MR) is 111 cm³/mol. The van der Waals surface area contributed by atoms with Gasteiger partial charge in [0.05, 0.1) is 0 Å². The highest BCUT2D eigenvalue weighted by Crippen LogP contribution is 2.35. The highest BCUT2D eigenvalue weighted by Gasteiger charge is 2.36. The zero-order valence-electron chi connectivity index (χ0n) is 16.7. The van der Waals surface area contributed by atoms with Crippen molar-refractivity contribution < 1.29 is 13.9 Å². The molecular formula is C23H22N2O5. The van der Waals surface area contributed by atoms with Gasteiger partial charge in [0.2, 0.25) is 0 Å². The van der Waals surface area contributed by atoms with Crippen molar-refractivity contribution in [2.75, 3.05) is 19.7 Å². The molecule has 1 saturated heterocycles. The number of piperidine rings is 1. The van der Waals surface area contributed by atoms with Crippen molar-refractivity contribution in [3.63, 3.8) is 0 Å². The Kier molecular flexibility index (Phi) is 4.46. The number of rotatable bonds is 3. The summed E-state index contributed by atoms with van der Waals surface area (Å²) in [7, 11) is 0. The average Bonchev–Trinajstić information content (AvgIpc) is 2.72. The number of likely N-dealkylation sites (tertiary alicyclic amines) is 1. The van der Waals surface area contributed by atoms with Crippen molar-refractivity contribution in [1.29, 1.82) is 0 Å². The fourth-order valence-electron chi connectivity index (χ4n) is 4.73. The summed E-state index contributed by atoms with van der Waals surface area (Å²) in [5.41, 5.74) is 1.91. The van der Waals surface area contributed by atoms with Crippen molar-refractivity contribution in [3.8, 4) is 5.75 Å². The summed E-state index contributed by atoms with van der Waals surface area (Å²) in [4.78, 5) is 38.4. The van der Waals surface area contributed by atoms with Gasteiger partial charge in [0.25, 0.3) is 11.5 Å². The summed E-state index contributed by atoms with van der Waals surface area (Å²) in [5.74, 6) is 0.854. The molecule has 5 rings (SSSR count). The van der Waals surface area contributed by atoms with E-state index in [-0.39, 0.29) is 29.9 Å². The van der Waals surface area contributed by atoms with Crippen molar-refractivity contribution in [3.05, 3.63) is 74.5 Å². The minimum atomic E-state index is -0.410. The molecule has 0 radical (unpaired) electrons. The first-order chi connectivity index (χ1) is 14.5. The molecule has 7 nitrogen and oxygen atoms in total. The monoisotopic (exact) mass is 406 g/mol. The van der Waals surface area contributed by atoms with E-state index in [0.29, 0.717) is 31.0 Å². The number of fused-ring (bicyclic) bond motifs is 5. The van der Waals surface area contributed by atoms with E-state index in [1.165, 1.54) is 6.07 Å². The molecule has 2 aliphatic heterocycles. The molecule has 2 bridgehead atoms.